The molecule has 0 atom stereocenters. The van der Waals surface area contributed by atoms with Crippen LogP contribution in [0, 0.1) is 11.6 Å². The smallest absolute Gasteiger partial charge is 0.214 e. The van der Waals surface area contributed by atoms with Crippen LogP contribution >= 0.6 is 0 Å². The zero-order chi connectivity index (χ0) is 11.4. The number of hydrogen-bond donors (Lipinski definition) is 2. The lowest BCUT2D eigenvalue weighted by molar-refractivity contribution is -0.107. The van der Waals surface area contributed by atoms with E-state index in [0.717, 1.165) is 17.0 Å². The van der Waals surface area contributed by atoms with Crippen LogP contribution in [0.25, 0.3) is 0 Å². The van der Waals surface area contributed by atoms with Gasteiger partial charge in [-0.1, -0.05) is 0 Å². The van der Waals surface area contributed by atoms with E-state index in [1.54, 1.807) is 0 Å². The SMILES string of the molecule is Nc1c(F)cc(N(C=O)CCO)cc1F. The van der Waals surface area contributed by atoms with Gasteiger partial charge in [0.1, 0.15) is 5.69 Å². The summed E-state index contributed by atoms with van der Waals surface area (Å²) in [5.41, 5.74) is 4.49. The molecule has 0 aromatic heterocycles. The van der Waals surface area contributed by atoms with E-state index in [-0.39, 0.29) is 18.8 Å². The highest BCUT2D eigenvalue weighted by molar-refractivity contribution is 5.75. The first-order valence-electron chi connectivity index (χ1n) is 4.17. The lowest BCUT2D eigenvalue weighted by atomic mass is 10.2. The fourth-order valence-corrected chi connectivity index (χ4v) is 1.09. The topological polar surface area (TPSA) is 66.6 Å². The van der Waals surface area contributed by atoms with E-state index in [0.29, 0.717) is 6.41 Å². The average Bonchev–Trinajstić information content (AvgIpc) is 2.22. The minimum Gasteiger partial charge on any atom is -0.395 e. The second kappa shape index (κ2) is 4.70. The van der Waals surface area contributed by atoms with E-state index in [1.165, 1.54) is 0 Å². The Morgan fingerprint density at radius 3 is 2.33 bits per heavy atom. The van der Waals surface area contributed by atoms with E-state index in [4.69, 9.17) is 10.8 Å². The summed E-state index contributed by atoms with van der Waals surface area (Å²) in [5.74, 6) is -1.87. The highest BCUT2D eigenvalue weighted by Crippen LogP contribution is 2.22. The molecular weight excluding hydrogens is 206 g/mol. The molecule has 1 rings (SSSR count). The van der Waals surface area contributed by atoms with Crippen LogP contribution in [0.1, 0.15) is 0 Å². The number of carbonyl (C=O) groups excluding carboxylic acids is 1. The van der Waals surface area contributed by atoms with Crippen molar-refractivity contribution in [3.8, 4) is 0 Å². The molecule has 1 amide bonds. The first-order chi connectivity index (χ1) is 7.10. The number of nitrogens with zero attached hydrogens (tertiary/aromatic N) is 1. The number of benzene rings is 1. The number of aliphatic hydroxyl groups excluding tert-OH is 1. The Kier molecular flexibility index (Phi) is 3.56. The van der Waals surface area contributed by atoms with E-state index < -0.39 is 17.3 Å². The number of nitrogen functional groups attached to an aromatic ring is 1. The summed E-state index contributed by atoms with van der Waals surface area (Å²) in [5, 5.41) is 8.61. The molecule has 0 heterocycles. The van der Waals surface area contributed by atoms with Crippen molar-refractivity contribution in [2.75, 3.05) is 23.8 Å². The molecule has 3 N–H and O–H groups in total. The Hall–Kier alpha value is -1.69. The molecule has 15 heavy (non-hydrogen) atoms. The van der Waals surface area contributed by atoms with Crippen LogP contribution in [0.2, 0.25) is 0 Å². The third-order valence-corrected chi connectivity index (χ3v) is 1.86. The van der Waals surface area contributed by atoms with Gasteiger partial charge in [0, 0.05) is 12.2 Å². The number of hydrogen-bond acceptors (Lipinski definition) is 3. The molecule has 0 radical (unpaired) electrons. The van der Waals surface area contributed by atoms with Crippen molar-refractivity contribution >= 4 is 17.8 Å². The van der Waals surface area contributed by atoms with Gasteiger partial charge in [-0.2, -0.15) is 0 Å². The second-order valence-corrected chi connectivity index (χ2v) is 2.85. The molecule has 0 bridgehead atoms. The highest BCUT2D eigenvalue weighted by Gasteiger charge is 2.11. The fourth-order valence-electron chi connectivity index (χ4n) is 1.09. The normalized spacial score (nSPS) is 10.1. The summed E-state index contributed by atoms with van der Waals surface area (Å²) in [6.45, 7) is -0.335. The van der Waals surface area contributed by atoms with Crippen molar-refractivity contribution in [1.29, 1.82) is 0 Å². The molecule has 0 fully saturated rings. The quantitative estimate of drug-likeness (QED) is 0.569. The number of amides is 1. The van der Waals surface area contributed by atoms with Crippen LogP contribution in [-0.4, -0.2) is 24.7 Å². The lowest BCUT2D eigenvalue weighted by Crippen LogP contribution is -2.25. The second-order valence-electron chi connectivity index (χ2n) is 2.85. The number of nitrogens with two attached hydrogens (primary N) is 1. The van der Waals surface area contributed by atoms with Crippen LogP contribution in [0.15, 0.2) is 12.1 Å². The highest BCUT2D eigenvalue weighted by atomic mass is 19.1. The summed E-state index contributed by atoms with van der Waals surface area (Å²) in [4.78, 5) is 11.5. The zero-order valence-electron chi connectivity index (χ0n) is 7.78. The molecule has 82 valence electrons. The van der Waals surface area contributed by atoms with Crippen LogP contribution in [0.5, 0.6) is 0 Å². The molecule has 4 nitrogen and oxygen atoms in total. The minimum absolute atomic E-state index is 0.0169. The van der Waals surface area contributed by atoms with Crippen LogP contribution in [0.4, 0.5) is 20.2 Å². The van der Waals surface area contributed by atoms with Gasteiger partial charge in [-0.3, -0.25) is 4.79 Å². The van der Waals surface area contributed by atoms with Gasteiger partial charge in [0.05, 0.1) is 6.61 Å². The maximum atomic E-state index is 13.0. The predicted octanol–water partition coefficient (Wildman–Crippen LogP) is 0.502. The molecule has 0 saturated carbocycles. The number of aliphatic hydroxyl groups is 1. The van der Waals surface area contributed by atoms with E-state index in [9.17, 15) is 13.6 Å². The van der Waals surface area contributed by atoms with E-state index in [1.807, 2.05) is 0 Å². The lowest BCUT2D eigenvalue weighted by Gasteiger charge is -2.16. The number of halogens is 2. The summed E-state index contributed by atoms with van der Waals surface area (Å²) in [6, 6.07) is 1.87. The molecule has 1 aromatic rings. The Bertz CT molecular complexity index is 348. The molecule has 0 aliphatic rings. The third-order valence-electron chi connectivity index (χ3n) is 1.86. The van der Waals surface area contributed by atoms with Gasteiger partial charge in [0.25, 0.3) is 0 Å². The van der Waals surface area contributed by atoms with Crippen molar-refractivity contribution in [3.05, 3.63) is 23.8 Å². The molecule has 0 unspecified atom stereocenters. The fraction of sp³-hybridized carbons (Fsp3) is 0.222. The Morgan fingerprint density at radius 2 is 1.93 bits per heavy atom. The molecule has 0 aliphatic heterocycles. The van der Waals surface area contributed by atoms with Gasteiger partial charge in [-0.15, -0.1) is 0 Å². The Labute approximate surface area is 84.9 Å². The first-order valence-corrected chi connectivity index (χ1v) is 4.17. The number of carbonyl (C=O) groups is 1. The summed E-state index contributed by atoms with van der Waals surface area (Å²) in [6.07, 6.45) is 0.376. The molecule has 6 heteroatoms. The number of anilines is 2. The van der Waals surface area contributed by atoms with Crippen LogP contribution in [-0.2, 0) is 4.79 Å². The molecule has 1 aromatic carbocycles. The molecular formula is C9H10F2N2O2. The van der Waals surface area contributed by atoms with Crippen LogP contribution < -0.4 is 10.6 Å². The summed E-state index contributed by atoms with van der Waals surface area (Å²) < 4.78 is 26.0. The van der Waals surface area contributed by atoms with Crippen molar-refractivity contribution < 1.29 is 18.7 Å². The van der Waals surface area contributed by atoms with Gasteiger partial charge >= 0.3 is 0 Å². The van der Waals surface area contributed by atoms with Gasteiger partial charge < -0.3 is 15.7 Å². The third kappa shape index (κ3) is 2.41. The van der Waals surface area contributed by atoms with Gasteiger partial charge in [-0.25, -0.2) is 8.78 Å². The van der Waals surface area contributed by atoms with Crippen molar-refractivity contribution in [1.82, 2.24) is 0 Å². The summed E-state index contributed by atoms with van der Waals surface area (Å²) >= 11 is 0. The molecule has 0 saturated heterocycles. The average molecular weight is 216 g/mol. The van der Waals surface area contributed by atoms with Crippen molar-refractivity contribution in [2.45, 2.75) is 0 Å². The largest absolute Gasteiger partial charge is 0.395 e. The monoisotopic (exact) mass is 216 g/mol. The molecule has 0 aliphatic carbocycles. The zero-order valence-corrected chi connectivity index (χ0v) is 7.78. The number of rotatable bonds is 4. The Balaban J connectivity index is 3.08. The first kappa shape index (κ1) is 11.4. The van der Waals surface area contributed by atoms with Crippen molar-refractivity contribution in [3.63, 3.8) is 0 Å². The van der Waals surface area contributed by atoms with Gasteiger partial charge in [-0.05, 0) is 12.1 Å². The maximum Gasteiger partial charge on any atom is 0.214 e. The van der Waals surface area contributed by atoms with Gasteiger partial charge in [0.2, 0.25) is 6.41 Å². The van der Waals surface area contributed by atoms with Crippen molar-refractivity contribution in [2.24, 2.45) is 0 Å². The van der Waals surface area contributed by atoms with E-state index in [2.05, 4.69) is 0 Å². The van der Waals surface area contributed by atoms with E-state index >= 15 is 0 Å². The molecule has 0 spiro atoms. The van der Waals surface area contributed by atoms with Crippen LogP contribution in [0.3, 0.4) is 0 Å². The minimum atomic E-state index is -0.935. The standard InChI is InChI=1S/C9H10F2N2O2/c10-7-3-6(4-8(11)9(7)12)13(5-15)1-2-14/h3-5,14H,1-2,12H2. The Morgan fingerprint density at radius 1 is 1.40 bits per heavy atom. The predicted molar refractivity (Wildman–Crippen MR) is 51.3 cm³/mol. The maximum absolute atomic E-state index is 13.0. The van der Waals surface area contributed by atoms with Gasteiger partial charge in [0.15, 0.2) is 11.6 Å². The summed E-state index contributed by atoms with van der Waals surface area (Å²) in [7, 11) is 0.